The second kappa shape index (κ2) is 39.9. The number of rotatable bonds is 20. The predicted molar refractivity (Wildman–Crippen MR) is 494 cm³/mol. The molecular formula is C99H105ClN4O20S4. The lowest BCUT2D eigenvalue weighted by molar-refractivity contribution is -0.112. The van der Waals surface area contributed by atoms with Gasteiger partial charge in [0.15, 0.2) is 0 Å². The number of nitrogens with zero attached hydrogens (tertiary/aromatic N) is 4. The summed E-state index contributed by atoms with van der Waals surface area (Å²) in [7, 11) is 1.61. The van der Waals surface area contributed by atoms with Gasteiger partial charge in [-0.15, -0.1) is 47.0 Å². The van der Waals surface area contributed by atoms with Gasteiger partial charge in [-0.1, -0.05) is 153 Å². The molecule has 128 heavy (non-hydrogen) atoms. The minimum absolute atomic E-state index is 0.207. The van der Waals surface area contributed by atoms with Crippen LogP contribution in [-0.2, 0) is 48.5 Å². The van der Waals surface area contributed by atoms with Gasteiger partial charge in [0.2, 0.25) is 46.3 Å². The molecule has 4 fully saturated rings. The zero-order valence-corrected chi connectivity index (χ0v) is 76.0. The molecule has 4 unspecified atom stereocenters. The van der Waals surface area contributed by atoms with E-state index in [2.05, 4.69) is 33.4 Å². The molecule has 4 saturated heterocycles. The number of carbonyl (C=O) groups is 8. The fourth-order valence-corrected chi connectivity index (χ4v) is 23.2. The smallest absolute Gasteiger partial charge is 0.243 e. The van der Waals surface area contributed by atoms with Gasteiger partial charge < -0.3 is 73.0 Å². The Kier molecular flexibility index (Phi) is 28.7. The minimum Gasteiger partial charge on any atom is -0.497 e. The first-order chi connectivity index (χ1) is 61.7. The van der Waals surface area contributed by atoms with Crippen molar-refractivity contribution in [1.29, 1.82) is 0 Å². The molecule has 0 aromatic heterocycles. The number of thioether (sulfide) groups is 4. The highest BCUT2D eigenvalue weighted by Crippen LogP contribution is 2.53. The van der Waals surface area contributed by atoms with E-state index in [1.54, 1.807) is 79.9 Å². The number of piperidine rings is 4. The average molecular weight is 1830 g/mol. The molecule has 8 heterocycles. The van der Waals surface area contributed by atoms with Gasteiger partial charge in [0.05, 0.1) is 25.4 Å². The van der Waals surface area contributed by atoms with Crippen molar-refractivity contribution in [2.45, 2.75) is 118 Å². The Balaban J connectivity index is 0.000000125. The van der Waals surface area contributed by atoms with E-state index in [-0.39, 0.29) is 35.6 Å². The number of methoxy groups -OCH3 is 1. The van der Waals surface area contributed by atoms with Crippen LogP contribution in [0.2, 0.25) is 5.02 Å². The van der Waals surface area contributed by atoms with Gasteiger partial charge in [0.1, 0.15) is 108 Å². The molecule has 4 aliphatic carbocycles. The summed E-state index contributed by atoms with van der Waals surface area (Å²) in [5.74, 6) is 3.80. The zero-order valence-electron chi connectivity index (χ0n) is 72.0. The highest BCUT2D eigenvalue weighted by molar-refractivity contribution is 8.05. The number of β-amino-alcohol motifs (C(OH)–C–C–N with tert-alkyl or cyclic N) is 4. The highest BCUT2D eigenvalue weighted by Gasteiger charge is 2.52. The van der Waals surface area contributed by atoms with Crippen LogP contribution in [0.15, 0.2) is 196 Å². The first kappa shape index (κ1) is 92.1. The number of Topliss-reactive ketones (excluding diaryl/α,β-unsaturated/α-hetero) is 8. The van der Waals surface area contributed by atoms with Crippen LogP contribution in [-0.4, -0.2) is 262 Å². The third kappa shape index (κ3) is 20.6. The molecule has 29 heteroatoms. The molecule has 0 bridgehead atoms. The maximum Gasteiger partial charge on any atom is 0.243 e. The summed E-state index contributed by atoms with van der Waals surface area (Å²) in [6.45, 7) is 16.0. The van der Waals surface area contributed by atoms with Crippen molar-refractivity contribution in [3.8, 4) is 17.2 Å². The maximum absolute atomic E-state index is 12.6. The number of halogens is 1. The second-order valence-electron chi connectivity index (χ2n) is 35.2. The van der Waals surface area contributed by atoms with Crippen LogP contribution in [0, 0.1) is 5.92 Å². The van der Waals surface area contributed by atoms with Crippen molar-refractivity contribution in [2.24, 2.45) is 5.92 Å². The number of aliphatic hydroxyl groups is 4. The number of ketones is 8. The number of ether oxygens (including phenoxy) is 8. The van der Waals surface area contributed by atoms with Gasteiger partial charge in [-0.05, 0) is 66.9 Å². The van der Waals surface area contributed by atoms with E-state index >= 15 is 0 Å². The van der Waals surface area contributed by atoms with Crippen LogP contribution >= 0.6 is 58.6 Å². The summed E-state index contributed by atoms with van der Waals surface area (Å²) >= 11 is 11.7. The van der Waals surface area contributed by atoms with Crippen molar-refractivity contribution >= 4 is 128 Å². The normalized spacial score (nSPS) is 21.4. The number of fused-ring (bicyclic) bond motifs is 8. The molecule has 0 saturated carbocycles. The number of aliphatic hydroxyl groups excluding tert-OH is 3. The highest BCUT2D eigenvalue weighted by atomic mass is 35.5. The predicted octanol–water partition coefficient (Wildman–Crippen LogP) is 13.4. The van der Waals surface area contributed by atoms with Crippen LogP contribution < -0.4 is 14.2 Å². The van der Waals surface area contributed by atoms with Gasteiger partial charge in [-0.25, -0.2) is 0 Å². The summed E-state index contributed by atoms with van der Waals surface area (Å²) in [5, 5.41) is 42.8. The third-order valence-corrected chi connectivity index (χ3v) is 30.8. The van der Waals surface area contributed by atoms with Crippen molar-refractivity contribution in [3.05, 3.63) is 251 Å². The molecule has 4 N–H and O–H groups in total. The minimum atomic E-state index is -0.918. The third-order valence-electron chi connectivity index (χ3n) is 25.3. The molecule has 24 nitrogen and oxygen atoms in total. The van der Waals surface area contributed by atoms with E-state index in [4.69, 9.17) is 49.5 Å². The van der Waals surface area contributed by atoms with Gasteiger partial charge >= 0.3 is 0 Å². The quantitative estimate of drug-likeness (QED) is 0.0515. The maximum atomic E-state index is 12.6. The van der Waals surface area contributed by atoms with Gasteiger partial charge in [0.25, 0.3) is 0 Å². The molecule has 0 amide bonds. The standard InChI is InChI=1S/C26H27NO6S.C25H24ClNO5S.C25H25NO4S.C23H29NO5S/c1-31-18-6-8-19(9-7-18)32-15-17(28)14-27-12-10-26(11-13-27)16-34-25-23(30)22(29)20-4-2-3-5-21(20)24(25)33-26;26-16-5-7-18(8-6-16)31-14-17(28)13-27-11-9-25(10-12-27)15-33-24-22(30)21(29)19-3-1-2-4-20(19)23(24)32-25;1-24(29,17-7-3-2-4-8-17)15-26-13-11-25(12-14-26)16-31-23-21(28)20(27)18-9-5-6-10-19(18)22(23)30-25;1-15(2)12-28-13-16(25)11-24-9-7-23(8-10-24)14-30-22-20(27)19(26)17-5-3-4-6-18(17)21(22)29-23/h2-9,17,28H,10-16H2,1H3;1-8,17,28H,9-15H2;2-10,29H,11-16H2,1H3;3-6,15-16,25H,7-14H2,1-2H3. The topological polar surface area (TPSA) is 304 Å². The van der Waals surface area contributed by atoms with Crippen LogP contribution in [0.25, 0.3) is 23.0 Å². The van der Waals surface area contributed by atoms with Crippen LogP contribution in [0.3, 0.4) is 0 Å². The van der Waals surface area contributed by atoms with E-state index in [0.717, 1.165) is 126 Å². The van der Waals surface area contributed by atoms with Crippen molar-refractivity contribution < 1.29 is 96.7 Å². The molecule has 7 aromatic rings. The number of benzene rings is 7. The van der Waals surface area contributed by atoms with E-state index in [0.29, 0.717) is 161 Å². The Morgan fingerprint density at radius 2 is 0.641 bits per heavy atom. The van der Waals surface area contributed by atoms with Gasteiger partial charge in [0, 0.05) is 209 Å². The number of likely N-dealkylation sites (tertiary alicyclic amines) is 4. The van der Waals surface area contributed by atoms with Gasteiger partial charge in [-0.2, -0.15) is 0 Å². The summed E-state index contributed by atoms with van der Waals surface area (Å²) in [6, 6.07) is 52.8. The van der Waals surface area contributed by atoms with Crippen LogP contribution in [0.5, 0.6) is 17.2 Å². The Hall–Kier alpha value is -9.21. The van der Waals surface area contributed by atoms with E-state index in [1.807, 2.05) is 110 Å². The number of hydrogen-bond acceptors (Lipinski definition) is 28. The Labute approximate surface area is 766 Å². The van der Waals surface area contributed by atoms with Crippen molar-refractivity contribution in [2.75, 3.05) is 135 Å². The molecule has 7 aromatic carbocycles. The van der Waals surface area contributed by atoms with Gasteiger partial charge in [-0.3, -0.25) is 43.3 Å². The molecule has 4 atom stereocenters. The number of allylic oxidation sites excluding steroid dienone is 4. The van der Waals surface area contributed by atoms with Crippen molar-refractivity contribution in [3.63, 3.8) is 0 Å². The molecule has 12 aliphatic rings. The lowest BCUT2D eigenvalue weighted by atomic mass is 9.88. The van der Waals surface area contributed by atoms with Crippen LogP contribution in [0.1, 0.15) is 141 Å². The summed E-state index contributed by atoms with van der Waals surface area (Å²) in [4.78, 5) is 111. The molecule has 4 spiro atoms. The summed E-state index contributed by atoms with van der Waals surface area (Å²) in [5.41, 5.74) is 3.11. The summed E-state index contributed by atoms with van der Waals surface area (Å²) < 4.78 is 48.1. The van der Waals surface area contributed by atoms with E-state index in [1.165, 1.54) is 47.0 Å². The first-order valence-electron chi connectivity index (χ1n) is 43.6. The number of carbonyl (C=O) groups excluding carboxylic acids is 8. The Morgan fingerprint density at radius 3 is 0.945 bits per heavy atom. The molecular weight excluding hydrogens is 1730 g/mol. The Bertz CT molecular complexity index is 5490. The van der Waals surface area contributed by atoms with E-state index < -0.39 is 70.2 Å². The van der Waals surface area contributed by atoms with E-state index in [9.17, 15) is 58.8 Å². The first-order valence-corrected chi connectivity index (χ1v) is 47.9. The monoisotopic (exact) mass is 1830 g/mol. The average Bonchev–Trinajstić information content (AvgIpc) is 0.756. The Morgan fingerprint density at radius 1 is 0.367 bits per heavy atom. The molecule has 8 aliphatic heterocycles. The molecule has 0 radical (unpaired) electrons. The fourth-order valence-electron chi connectivity index (χ4n) is 18.0. The van der Waals surface area contributed by atoms with Crippen molar-refractivity contribution in [1.82, 2.24) is 19.6 Å². The molecule has 672 valence electrons. The fraction of sp³-hybridized carbons (Fsp3) is 0.414. The second-order valence-corrected chi connectivity index (χ2v) is 39.6. The number of hydrogen-bond donors (Lipinski definition) is 4. The largest absolute Gasteiger partial charge is 0.497 e. The lowest BCUT2D eigenvalue weighted by Gasteiger charge is -2.46. The molecule has 19 rings (SSSR count). The lowest BCUT2D eigenvalue weighted by Crippen LogP contribution is -2.51. The SMILES string of the molecule is CC(C)COCC(O)CN1CCC2(CC1)CSC1=C(O2)c2ccccc2C(=O)C1=O.CC(O)(CN1CCC2(CC1)CSC1=C(O2)c2ccccc2C(=O)C1=O)c1ccccc1.COc1ccc(OCC(O)CN2CCC3(CC2)CSC2=C(O3)c3ccccc3C(=O)C2=O)cc1.O=C1C(=O)c2ccccc2C2=C1SCC1(CCN(CC(O)COc3ccc(Cl)cc3)CC1)O2. The van der Waals surface area contributed by atoms with Crippen LogP contribution in [0.4, 0.5) is 0 Å². The zero-order chi connectivity index (χ0) is 89.7. The summed E-state index contributed by atoms with van der Waals surface area (Å²) in [6.07, 6.45) is 4.68.